The molecule has 2 rings (SSSR count). The molecule has 5 heteroatoms. The zero-order chi connectivity index (χ0) is 12.3. The van der Waals surface area contributed by atoms with Gasteiger partial charge in [0.15, 0.2) is 0 Å². The van der Waals surface area contributed by atoms with Crippen molar-refractivity contribution in [3.05, 3.63) is 11.8 Å². The molecule has 1 saturated carbocycles. The summed E-state index contributed by atoms with van der Waals surface area (Å²) in [4.78, 5) is 11.8. The Morgan fingerprint density at radius 2 is 2.47 bits per heavy atom. The van der Waals surface area contributed by atoms with Crippen LogP contribution >= 0.6 is 0 Å². The molecule has 3 N–H and O–H groups in total. The van der Waals surface area contributed by atoms with Crippen LogP contribution in [0.3, 0.4) is 0 Å². The smallest absolute Gasteiger partial charge is 0.356 e. The van der Waals surface area contributed by atoms with Crippen molar-refractivity contribution < 1.29 is 9.53 Å². The number of nitrogen functional groups attached to an aromatic ring is 1. The number of hydrogen-bond acceptors (Lipinski definition) is 4. The van der Waals surface area contributed by atoms with Crippen LogP contribution in [0.1, 0.15) is 49.5 Å². The highest BCUT2D eigenvalue weighted by atomic mass is 16.5. The van der Waals surface area contributed by atoms with Gasteiger partial charge in [-0.05, 0) is 25.2 Å². The lowest BCUT2D eigenvalue weighted by Gasteiger charge is -2.27. The van der Waals surface area contributed by atoms with Gasteiger partial charge in [-0.2, -0.15) is 5.10 Å². The quantitative estimate of drug-likeness (QED) is 0.789. The summed E-state index contributed by atoms with van der Waals surface area (Å²) in [7, 11) is 0. The second-order valence-corrected chi connectivity index (χ2v) is 4.67. The normalized spacial score (nSPS) is 24.5. The first-order valence-electron chi connectivity index (χ1n) is 6.21. The zero-order valence-corrected chi connectivity index (χ0v) is 10.1. The summed E-state index contributed by atoms with van der Waals surface area (Å²) in [6, 6.07) is 1.50. The minimum absolute atomic E-state index is 0.0470. The van der Waals surface area contributed by atoms with Crippen molar-refractivity contribution in [3.63, 3.8) is 0 Å². The fourth-order valence-corrected chi connectivity index (χ4v) is 2.38. The molecule has 1 aliphatic carbocycles. The van der Waals surface area contributed by atoms with Gasteiger partial charge in [0.1, 0.15) is 17.6 Å². The van der Waals surface area contributed by atoms with E-state index in [-0.39, 0.29) is 12.1 Å². The van der Waals surface area contributed by atoms with Gasteiger partial charge in [0.2, 0.25) is 0 Å². The zero-order valence-electron chi connectivity index (χ0n) is 10.1. The molecule has 0 spiro atoms. The molecule has 1 aromatic heterocycles. The predicted molar refractivity (Wildman–Crippen MR) is 64.5 cm³/mol. The Labute approximate surface area is 101 Å². The molecule has 2 unspecified atom stereocenters. The molecule has 0 aromatic carbocycles. The van der Waals surface area contributed by atoms with Gasteiger partial charge >= 0.3 is 5.97 Å². The largest absolute Gasteiger partial charge is 0.458 e. The Balaban J connectivity index is 1.90. The highest BCUT2D eigenvalue weighted by molar-refractivity contribution is 5.88. The highest BCUT2D eigenvalue weighted by Gasteiger charge is 2.24. The van der Waals surface area contributed by atoms with E-state index in [4.69, 9.17) is 10.5 Å². The van der Waals surface area contributed by atoms with E-state index in [0.717, 1.165) is 25.7 Å². The first-order chi connectivity index (χ1) is 8.19. The van der Waals surface area contributed by atoms with Crippen molar-refractivity contribution in [2.24, 2.45) is 5.92 Å². The number of ether oxygens (including phenoxy) is 1. The molecule has 94 valence electrons. The van der Waals surface area contributed by atoms with Crippen molar-refractivity contribution in [2.75, 3.05) is 5.73 Å². The van der Waals surface area contributed by atoms with E-state index in [1.54, 1.807) is 0 Å². The minimum atomic E-state index is -0.351. The fraction of sp³-hybridized carbons (Fsp3) is 0.667. The molecule has 2 atom stereocenters. The van der Waals surface area contributed by atoms with E-state index in [0.29, 0.717) is 17.4 Å². The van der Waals surface area contributed by atoms with Crippen LogP contribution in [0.15, 0.2) is 6.07 Å². The van der Waals surface area contributed by atoms with Crippen molar-refractivity contribution in [2.45, 2.75) is 45.1 Å². The van der Waals surface area contributed by atoms with E-state index in [9.17, 15) is 4.79 Å². The molecule has 0 saturated heterocycles. The van der Waals surface area contributed by atoms with Crippen LogP contribution in [0.2, 0.25) is 0 Å². The number of aromatic amines is 1. The number of H-pyrrole nitrogens is 1. The number of aromatic nitrogens is 2. The third-order valence-corrected chi connectivity index (χ3v) is 3.40. The number of nitrogens with zero attached hydrogens (tertiary/aromatic N) is 1. The van der Waals surface area contributed by atoms with E-state index < -0.39 is 0 Å². The van der Waals surface area contributed by atoms with Crippen LogP contribution in [0, 0.1) is 5.92 Å². The summed E-state index contributed by atoms with van der Waals surface area (Å²) < 4.78 is 5.46. The Bertz CT molecular complexity index is 389. The summed E-state index contributed by atoms with van der Waals surface area (Å²) >= 11 is 0. The second-order valence-electron chi connectivity index (χ2n) is 4.67. The Morgan fingerprint density at radius 3 is 3.12 bits per heavy atom. The molecule has 0 radical (unpaired) electrons. The van der Waals surface area contributed by atoms with E-state index in [1.165, 1.54) is 12.5 Å². The van der Waals surface area contributed by atoms with Crippen LogP contribution < -0.4 is 5.73 Å². The third-order valence-electron chi connectivity index (χ3n) is 3.40. The predicted octanol–water partition coefficient (Wildman–Crippen LogP) is 2.12. The Kier molecular flexibility index (Phi) is 3.66. The van der Waals surface area contributed by atoms with Crippen LogP contribution in [0.5, 0.6) is 0 Å². The number of hydrogen-bond donors (Lipinski definition) is 2. The van der Waals surface area contributed by atoms with Gasteiger partial charge in [0.25, 0.3) is 0 Å². The van der Waals surface area contributed by atoms with Gasteiger partial charge in [-0.1, -0.05) is 19.8 Å². The molecule has 1 fully saturated rings. The number of nitrogens with one attached hydrogen (secondary N) is 1. The minimum Gasteiger partial charge on any atom is -0.458 e. The second kappa shape index (κ2) is 5.21. The monoisotopic (exact) mass is 237 g/mol. The number of anilines is 1. The van der Waals surface area contributed by atoms with Crippen LogP contribution in [0.4, 0.5) is 5.82 Å². The van der Waals surface area contributed by atoms with E-state index in [2.05, 4.69) is 17.1 Å². The summed E-state index contributed by atoms with van der Waals surface area (Å²) in [6.07, 6.45) is 5.54. The molecule has 0 aliphatic heterocycles. The topological polar surface area (TPSA) is 81.0 Å². The van der Waals surface area contributed by atoms with Crippen molar-refractivity contribution >= 4 is 11.8 Å². The van der Waals surface area contributed by atoms with Crippen LogP contribution in [-0.2, 0) is 4.74 Å². The Hall–Kier alpha value is -1.52. The highest BCUT2D eigenvalue weighted by Crippen LogP contribution is 2.28. The lowest BCUT2D eigenvalue weighted by atomic mass is 9.85. The third kappa shape index (κ3) is 2.99. The van der Waals surface area contributed by atoms with Gasteiger partial charge in [-0.25, -0.2) is 4.79 Å². The number of nitrogens with two attached hydrogens (primary N) is 1. The molecule has 1 aromatic rings. The van der Waals surface area contributed by atoms with Crippen molar-refractivity contribution in [3.8, 4) is 0 Å². The first kappa shape index (κ1) is 12.0. The lowest BCUT2D eigenvalue weighted by Crippen LogP contribution is -2.25. The fourth-order valence-electron chi connectivity index (χ4n) is 2.38. The SMILES string of the molecule is CCC1CCCC(OC(=O)c2cc(N)n[nH]2)C1. The van der Waals surface area contributed by atoms with Crippen molar-refractivity contribution in [1.29, 1.82) is 0 Å². The van der Waals surface area contributed by atoms with Gasteiger partial charge in [0.05, 0.1) is 0 Å². The summed E-state index contributed by atoms with van der Waals surface area (Å²) in [6.45, 7) is 2.18. The van der Waals surface area contributed by atoms with E-state index >= 15 is 0 Å². The number of carbonyl (C=O) groups is 1. The molecule has 0 bridgehead atoms. The summed E-state index contributed by atoms with van der Waals surface area (Å²) in [5.74, 6) is 0.649. The average Bonchev–Trinajstić information content (AvgIpc) is 2.76. The summed E-state index contributed by atoms with van der Waals surface area (Å²) in [5.41, 5.74) is 5.78. The van der Waals surface area contributed by atoms with Crippen molar-refractivity contribution in [1.82, 2.24) is 10.2 Å². The maximum Gasteiger partial charge on any atom is 0.356 e. The average molecular weight is 237 g/mol. The standard InChI is InChI=1S/C12H19N3O2/c1-2-8-4-3-5-9(6-8)17-12(16)10-7-11(13)15-14-10/h7-9H,2-6H2,1H3,(H3,13,14,15). The van der Waals surface area contributed by atoms with Gasteiger partial charge in [0, 0.05) is 6.07 Å². The van der Waals surface area contributed by atoms with Gasteiger partial charge < -0.3 is 10.5 Å². The molecular weight excluding hydrogens is 218 g/mol. The van der Waals surface area contributed by atoms with Gasteiger partial charge in [-0.15, -0.1) is 0 Å². The van der Waals surface area contributed by atoms with Gasteiger partial charge in [-0.3, -0.25) is 5.10 Å². The van der Waals surface area contributed by atoms with Crippen LogP contribution in [0.25, 0.3) is 0 Å². The number of rotatable bonds is 3. The first-order valence-corrected chi connectivity index (χ1v) is 6.21. The Morgan fingerprint density at radius 1 is 1.65 bits per heavy atom. The molecule has 1 aliphatic rings. The summed E-state index contributed by atoms with van der Waals surface area (Å²) in [5, 5.41) is 6.28. The molecule has 17 heavy (non-hydrogen) atoms. The maximum atomic E-state index is 11.8. The maximum absolute atomic E-state index is 11.8. The number of carbonyl (C=O) groups excluding carboxylic acids is 1. The molecule has 5 nitrogen and oxygen atoms in total. The van der Waals surface area contributed by atoms with E-state index in [1.807, 2.05) is 0 Å². The number of esters is 1. The lowest BCUT2D eigenvalue weighted by molar-refractivity contribution is 0.0133. The molecule has 0 amide bonds. The molecule has 1 heterocycles. The van der Waals surface area contributed by atoms with Crippen LogP contribution in [-0.4, -0.2) is 22.3 Å². The molecular formula is C12H19N3O2.